The molecule has 1 aliphatic rings. The van der Waals surface area contributed by atoms with Crippen molar-refractivity contribution < 1.29 is 14.7 Å². The molecule has 0 spiro atoms. The lowest BCUT2D eigenvalue weighted by atomic mass is 10.5. The third kappa shape index (κ3) is 0.801. The van der Waals surface area contributed by atoms with E-state index in [0.717, 1.165) is 4.90 Å². The zero-order valence-corrected chi connectivity index (χ0v) is 5.37. The Morgan fingerprint density at radius 3 is 2.40 bits per heavy atom. The van der Waals surface area contributed by atoms with Gasteiger partial charge in [0, 0.05) is 0 Å². The van der Waals surface area contributed by atoms with E-state index in [0.29, 0.717) is 0 Å². The molecule has 0 unspecified atom stereocenters. The van der Waals surface area contributed by atoms with E-state index in [1.165, 1.54) is 6.92 Å². The van der Waals surface area contributed by atoms with Crippen LogP contribution in [-0.2, 0) is 9.59 Å². The van der Waals surface area contributed by atoms with Crippen LogP contribution in [0.4, 0.5) is 0 Å². The molecule has 0 bridgehead atoms. The van der Waals surface area contributed by atoms with Crippen LogP contribution in [0.5, 0.6) is 0 Å². The Morgan fingerprint density at radius 2 is 2.20 bits per heavy atom. The number of amidine groups is 1. The Bertz CT molecular complexity index is 221. The molecule has 5 heteroatoms. The van der Waals surface area contributed by atoms with Crippen LogP contribution in [0.15, 0.2) is 4.99 Å². The number of hydrogen-bond donors (Lipinski definition) is 1. The van der Waals surface area contributed by atoms with Gasteiger partial charge >= 0.3 is 11.8 Å². The molecule has 0 aromatic carbocycles. The van der Waals surface area contributed by atoms with Crippen LogP contribution in [0.25, 0.3) is 0 Å². The minimum Gasteiger partial charge on any atom is -0.376 e. The predicted molar refractivity (Wildman–Crippen MR) is 32.0 cm³/mol. The number of aliphatic hydroxyl groups is 1. The molecule has 0 radical (unpaired) electrons. The SMILES string of the molecule is CC1=NC(=O)C(=O)N1CO. The third-order valence-electron chi connectivity index (χ3n) is 1.22. The monoisotopic (exact) mass is 142 g/mol. The fourth-order valence-electron chi connectivity index (χ4n) is 0.684. The number of aliphatic hydroxyl groups excluding tert-OH is 1. The zero-order valence-electron chi connectivity index (χ0n) is 5.37. The van der Waals surface area contributed by atoms with Gasteiger partial charge in [-0.15, -0.1) is 0 Å². The van der Waals surface area contributed by atoms with Crippen molar-refractivity contribution in [2.45, 2.75) is 6.92 Å². The molecule has 5 nitrogen and oxygen atoms in total. The summed E-state index contributed by atoms with van der Waals surface area (Å²) in [6, 6.07) is 0. The summed E-state index contributed by atoms with van der Waals surface area (Å²) in [7, 11) is 0. The van der Waals surface area contributed by atoms with E-state index in [1.807, 2.05) is 0 Å². The molecular weight excluding hydrogens is 136 g/mol. The molecule has 0 atom stereocenters. The average Bonchev–Trinajstić information content (AvgIpc) is 2.09. The van der Waals surface area contributed by atoms with Crippen LogP contribution in [0.2, 0.25) is 0 Å². The summed E-state index contributed by atoms with van der Waals surface area (Å²) in [5, 5.41) is 8.50. The highest BCUT2D eigenvalue weighted by molar-refractivity contribution is 6.43. The number of aliphatic imine (C=N–C) groups is 1. The van der Waals surface area contributed by atoms with Gasteiger partial charge in [0.1, 0.15) is 12.6 Å². The van der Waals surface area contributed by atoms with E-state index < -0.39 is 18.5 Å². The molecule has 0 aliphatic carbocycles. The molecule has 2 amide bonds. The van der Waals surface area contributed by atoms with Gasteiger partial charge < -0.3 is 5.11 Å². The van der Waals surface area contributed by atoms with Crippen molar-refractivity contribution in [3.8, 4) is 0 Å². The van der Waals surface area contributed by atoms with Crippen molar-refractivity contribution in [1.82, 2.24) is 4.90 Å². The molecule has 0 saturated carbocycles. The first-order valence-corrected chi connectivity index (χ1v) is 2.69. The van der Waals surface area contributed by atoms with Crippen LogP contribution in [-0.4, -0.2) is 34.4 Å². The molecule has 1 heterocycles. The summed E-state index contributed by atoms with van der Waals surface area (Å²) in [5.74, 6) is -1.33. The van der Waals surface area contributed by atoms with Crippen molar-refractivity contribution in [1.29, 1.82) is 0 Å². The van der Waals surface area contributed by atoms with Gasteiger partial charge in [-0.3, -0.25) is 14.5 Å². The van der Waals surface area contributed by atoms with Gasteiger partial charge in [0.25, 0.3) is 0 Å². The lowest BCUT2D eigenvalue weighted by Crippen LogP contribution is -2.33. The summed E-state index contributed by atoms with van der Waals surface area (Å²) in [6.45, 7) is 0.999. The molecule has 10 heavy (non-hydrogen) atoms. The molecule has 0 aromatic rings. The number of carbonyl (C=O) groups excluding carboxylic acids is 2. The van der Waals surface area contributed by atoms with E-state index in [-0.39, 0.29) is 5.84 Å². The molecule has 0 aromatic heterocycles. The third-order valence-corrected chi connectivity index (χ3v) is 1.22. The van der Waals surface area contributed by atoms with Crippen LogP contribution < -0.4 is 0 Å². The van der Waals surface area contributed by atoms with E-state index in [4.69, 9.17) is 5.11 Å². The molecule has 0 saturated heterocycles. The maximum absolute atomic E-state index is 10.6. The highest BCUT2D eigenvalue weighted by Gasteiger charge is 2.29. The first-order chi connectivity index (χ1) is 4.66. The second kappa shape index (κ2) is 2.18. The Hall–Kier alpha value is -1.23. The second-order valence-corrected chi connectivity index (χ2v) is 1.84. The summed E-state index contributed by atoms with van der Waals surface area (Å²) in [5.41, 5.74) is 0. The van der Waals surface area contributed by atoms with Crippen molar-refractivity contribution in [2.24, 2.45) is 4.99 Å². The normalized spacial score (nSPS) is 18.2. The Kier molecular flexibility index (Phi) is 1.50. The van der Waals surface area contributed by atoms with Crippen LogP contribution in [0.3, 0.4) is 0 Å². The maximum Gasteiger partial charge on any atom is 0.337 e. The molecule has 0 fully saturated rings. The Balaban J connectivity index is 2.88. The van der Waals surface area contributed by atoms with Crippen molar-refractivity contribution in [2.75, 3.05) is 6.73 Å². The molecule has 1 N–H and O–H groups in total. The molecule has 54 valence electrons. The smallest absolute Gasteiger partial charge is 0.337 e. The molecular formula is C5H6N2O3. The van der Waals surface area contributed by atoms with Gasteiger partial charge in [-0.2, -0.15) is 4.99 Å². The Labute approximate surface area is 57.0 Å². The van der Waals surface area contributed by atoms with Gasteiger partial charge in [-0.25, -0.2) is 0 Å². The minimum absolute atomic E-state index is 0.248. The van der Waals surface area contributed by atoms with E-state index in [9.17, 15) is 9.59 Å². The minimum atomic E-state index is -0.813. The number of carbonyl (C=O) groups is 2. The van der Waals surface area contributed by atoms with Gasteiger partial charge in [0.15, 0.2) is 0 Å². The zero-order chi connectivity index (χ0) is 7.72. The average molecular weight is 142 g/mol. The van der Waals surface area contributed by atoms with Crippen LogP contribution in [0, 0.1) is 0 Å². The summed E-state index contributed by atoms with van der Waals surface area (Å²) >= 11 is 0. The lowest BCUT2D eigenvalue weighted by molar-refractivity contribution is -0.141. The number of rotatable bonds is 1. The van der Waals surface area contributed by atoms with Gasteiger partial charge in [-0.05, 0) is 6.92 Å². The van der Waals surface area contributed by atoms with Gasteiger partial charge in [-0.1, -0.05) is 0 Å². The first kappa shape index (κ1) is 6.88. The topological polar surface area (TPSA) is 70.0 Å². The standard InChI is InChI=1S/C5H6N2O3/c1-3-6-4(9)5(10)7(3)2-8/h8H,2H2,1H3. The maximum atomic E-state index is 10.6. The van der Waals surface area contributed by atoms with Gasteiger partial charge in [0.05, 0.1) is 0 Å². The summed E-state index contributed by atoms with van der Waals surface area (Å²) < 4.78 is 0. The van der Waals surface area contributed by atoms with Crippen molar-refractivity contribution in [3.05, 3.63) is 0 Å². The number of nitrogens with zero attached hydrogens (tertiary/aromatic N) is 2. The molecule has 1 rings (SSSR count). The summed E-state index contributed by atoms with van der Waals surface area (Å²) in [6.07, 6.45) is 0. The summed E-state index contributed by atoms with van der Waals surface area (Å²) in [4.78, 5) is 25.3. The Morgan fingerprint density at radius 1 is 1.60 bits per heavy atom. The van der Waals surface area contributed by atoms with E-state index >= 15 is 0 Å². The lowest BCUT2D eigenvalue weighted by Gasteiger charge is -2.08. The largest absolute Gasteiger partial charge is 0.376 e. The fraction of sp³-hybridized carbons (Fsp3) is 0.400. The van der Waals surface area contributed by atoms with E-state index in [1.54, 1.807) is 0 Å². The fourth-order valence-corrected chi connectivity index (χ4v) is 0.684. The second-order valence-electron chi connectivity index (χ2n) is 1.84. The van der Waals surface area contributed by atoms with Crippen molar-refractivity contribution in [3.63, 3.8) is 0 Å². The first-order valence-electron chi connectivity index (χ1n) is 2.69. The number of amides is 2. The number of hydrogen-bond acceptors (Lipinski definition) is 3. The molecule has 1 aliphatic heterocycles. The quantitative estimate of drug-likeness (QED) is 0.464. The van der Waals surface area contributed by atoms with Crippen LogP contribution >= 0.6 is 0 Å². The highest BCUT2D eigenvalue weighted by Crippen LogP contribution is 2.02. The van der Waals surface area contributed by atoms with E-state index in [2.05, 4.69) is 4.99 Å². The predicted octanol–water partition coefficient (Wildman–Crippen LogP) is -1.28. The van der Waals surface area contributed by atoms with Crippen LogP contribution in [0.1, 0.15) is 6.92 Å². The highest BCUT2D eigenvalue weighted by atomic mass is 16.3. The van der Waals surface area contributed by atoms with Crippen molar-refractivity contribution >= 4 is 17.6 Å². The van der Waals surface area contributed by atoms with Gasteiger partial charge in [0.2, 0.25) is 0 Å².